The van der Waals surface area contributed by atoms with E-state index in [0.29, 0.717) is 19.5 Å². The Labute approximate surface area is 83.3 Å². The highest BCUT2D eigenvalue weighted by atomic mass is 16.1. The molecule has 5 heteroatoms. The molecule has 0 aromatic carbocycles. The van der Waals surface area contributed by atoms with Crippen molar-refractivity contribution in [3.05, 3.63) is 18.7 Å². The first-order valence-electron chi connectivity index (χ1n) is 4.75. The topological polar surface area (TPSA) is 72.9 Å². The molecule has 0 aliphatic heterocycles. The smallest absolute Gasteiger partial charge is 0.221 e. The second-order valence-corrected chi connectivity index (χ2v) is 3.04. The Bertz CT molecular complexity index is 258. The molecule has 0 spiro atoms. The summed E-state index contributed by atoms with van der Waals surface area (Å²) < 4.78 is 1.98. The van der Waals surface area contributed by atoms with Crippen molar-refractivity contribution in [2.24, 2.45) is 5.73 Å². The number of aromatic nitrogens is 2. The molecular weight excluding hydrogens is 180 g/mol. The molecule has 0 aliphatic carbocycles. The average molecular weight is 196 g/mol. The van der Waals surface area contributed by atoms with E-state index in [-0.39, 0.29) is 5.91 Å². The van der Waals surface area contributed by atoms with E-state index in [1.807, 2.05) is 10.8 Å². The van der Waals surface area contributed by atoms with Crippen molar-refractivity contribution in [2.45, 2.75) is 19.4 Å². The predicted molar refractivity (Wildman–Crippen MR) is 53.5 cm³/mol. The van der Waals surface area contributed by atoms with Gasteiger partial charge < -0.3 is 15.6 Å². The molecular formula is C9H16N4O. The molecule has 0 bridgehead atoms. The Morgan fingerprint density at radius 2 is 2.43 bits per heavy atom. The van der Waals surface area contributed by atoms with Crippen molar-refractivity contribution in [1.82, 2.24) is 14.9 Å². The molecule has 5 nitrogen and oxygen atoms in total. The lowest BCUT2D eigenvalue weighted by Crippen LogP contribution is -2.27. The monoisotopic (exact) mass is 196 g/mol. The Morgan fingerprint density at radius 3 is 3.07 bits per heavy atom. The number of carbonyl (C=O) groups is 1. The van der Waals surface area contributed by atoms with Gasteiger partial charge in [-0.25, -0.2) is 4.98 Å². The molecule has 0 atom stereocenters. The summed E-state index contributed by atoms with van der Waals surface area (Å²) in [6.07, 6.45) is 6.73. The van der Waals surface area contributed by atoms with Crippen molar-refractivity contribution >= 4 is 5.91 Å². The van der Waals surface area contributed by atoms with Gasteiger partial charge in [0.1, 0.15) is 0 Å². The lowest BCUT2D eigenvalue weighted by atomic mass is 10.3. The number of nitrogens with one attached hydrogen (secondary N) is 1. The molecule has 78 valence electrons. The van der Waals surface area contributed by atoms with Crippen LogP contribution < -0.4 is 11.1 Å². The lowest BCUT2D eigenvalue weighted by molar-refractivity contribution is -0.120. The molecule has 0 radical (unpaired) electrons. The van der Waals surface area contributed by atoms with E-state index in [4.69, 9.17) is 5.73 Å². The van der Waals surface area contributed by atoms with Gasteiger partial charge in [0.15, 0.2) is 0 Å². The summed E-state index contributed by atoms with van der Waals surface area (Å²) in [5, 5.41) is 2.79. The second kappa shape index (κ2) is 6.15. The normalized spacial score (nSPS) is 10.1. The maximum Gasteiger partial charge on any atom is 0.221 e. The summed E-state index contributed by atoms with van der Waals surface area (Å²) in [6.45, 7) is 1.98. The Hall–Kier alpha value is -1.36. The van der Waals surface area contributed by atoms with E-state index < -0.39 is 0 Å². The van der Waals surface area contributed by atoms with Crippen LogP contribution in [0.15, 0.2) is 18.7 Å². The van der Waals surface area contributed by atoms with Crippen molar-refractivity contribution < 1.29 is 4.79 Å². The summed E-state index contributed by atoms with van der Waals surface area (Å²) >= 11 is 0. The van der Waals surface area contributed by atoms with Crippen LogP contribution in [0.5, 0.6) is 0 Å². The molecule has 1 heterocycles. The van der Waals surface area contributed by atoms with Crippen LogP contribution in [-0.2, 0) is 11.3 Å². The highest BCUT2D eigenvalue weighted by Crippen LogP contribution is 1.89. The van der Waals surface area contributed by atoms with Crippen molar-refractivity contribution in [1.29, 1.82) is 0 Å². The second-order valence-electron chi connectivity index (χ2n) is 3.04. The van der Waals surface area contributed by atoms with Crippen molar-refractivity contribution in [3.63, 3.8) is 0 Å². The van der Waals surface area contributed by atoms with E-state index in [0.717, 1.165) is 13.0 Å². The minimum atomic E-state index is 0.0260. The third-order valence-electron chi connectivity index (χ3n) is 1.85. The van der Waals surface area contributed by atoms with Crippen LogP contribution in [0.1, 0.15) is 12.8 Å². The molecule has 3 N–H and O–H groups in total. The van der Waals surface area contributed by atoms with Gasteiger partial charge in [-0.15, -0.1) is 0 Å². The quantitative estimate of drug-likeness (QED) is 0.615. The number of hydrogen-bond acceptors (Lipinski definition) is 3. The zero-order valence-electron chi connectivity index (χ0n) is 8.15. The van der Waals surface area contributed by atoms with E-state index in [9.17, 15) is 4.79 Å². The number of hydrogen-bond donors (Lipinski definition) is 2. The molecule has 0 unspecified atom stereocenters. The number of carbonyl (C=O) groups excluding carboxylic acids is 1. The first-order valence-corrected chi connectivity index (χ1v) is 4.75. The molecule has 14 heavy (non-hydrogen) atoms. The minimum absolute atomic E-state index is 0.0260. The van der Waals surface area contributed by atoms with E-state index in [1.165, 1.54) is 0 Å². The number of nitrogens with zero attached hydrogens (tertiary/aromatic N) is 2. The third-order valence-corrected chi connectivity index (χ3v) is 1.85. The molecule has 1 amide bonds. The molecule has 0 fully saturated rings. The van der Waals surface area contributed by atoms with Crippen LogP contribution in [-0.4, -0.2) is 28.5 Å². The molecule has 1 aromatic rings. The van der Waals surface area contributed by atoms with Crippen LogP contribution >= 0.6 is 0 Å². The third kappa shape index (κ3) is 4.04. The summed E-state index contributed by atoms with van der Waals surface area (Å²) in [4.78, 5) is 14.9. The van der Waals surface area contributed by atoms with Crippen molar-refractivity contribution in [3.8, 4) is 0 Å². The molecule has 1 aromatic heterocycles. The fourth-order valence-electron chi connectivity index (χ4n) is 1.13. The molecule has 0 saturated heterocycles. The molecule has 0 aliphatic rings. The number of nitrogens with two attached hydrogens (primary N) is 1. The first-order chi connectivity index (χ1) is 6.83. The largest absolute Gasteiger partial charge is 0.356 e. The predicted octanol–water partition coefficient (Wildman–Crippen LogP) is -0.262. The fourth-order valence-corrected chi connectivity index (χ4v) is 1.13. The van der Waals surface area contributed by atoms with Crippen molar-refractivity contribution in [2.75, 3.05) is 13.1 Å². The Kier molecular flexibility index (Phi) is 4.71. The van der Waals surface area contributed by atoms with Gasteiger partial charge in [-0.05, 0) is 6.42 Å². The summed E-state index contributed by atoms with van der Waals surface area (Å²) in [6, 6.07) is 0. The van der Waals surface area contributed by atoms with Gasteiger partial charge in [0, 0.05) is 38.4 Å². The maximum absolute atomic E-state index is 11.0. The van der Waals surface area contributed by atoms with Gasteiger partial charge in [-0.1, -0.05) is 0 Å². The Balaban J connectivity index is 2.02. The average Bonchev–Trinajstić information content (AvgIpc) is 2.65. The number of aryl methyl sites for hydroxylation is 1. The van der Waals surface area contributed by atoms with Gasteiger partial charge in [-0.2, -0.15) is 0 Å². The van der Waals surface area contributed by atoms with Gasteiger partial charge in [0.2, 0.25) is 5.91 Å². The van der Waals surface area contributed by atoms with Gasteiger partial charge in [0.25, 0.3) is 0 Å². The van der Waals surface area contributed by atoms with Crippen LogP contribution in [0.4, 0.5) is 0 Å². The summed E-state index contributed by atoms with van der Waals surface area (Å²) in [5.41, 5.74) is 5.24. The number of amides is 1. The van der Waals surface area contributed by atoms with Gasteiger partial charge in [0.05, 0.1) is 6.33 Å². The number of imidazole rings is 1. The maximum atomic E-state index is 11.0. The standard InChI is InChI=1S/C9H16N4O/c10-3-2-9(14)12-4-1-6-13-7-5-11-8-13/h5,7-8H,1-4,6,10H2,(H,12,14). The van der Waals surface area contributed by atoms with E-state index >= 15 is 0 Å². The molecule has 1 rings (SSSR count). The number of rotatable bonds is 6. The highest BCUT2D eigenvalue weighted by molar-refractivity contribution is 5.75. The lowest BCUT2D eigenvalue weighted by Gasteiger charge is -2.04. The van der Waals surface area contributed by atoms with Gasteiger partial charge >= 0.3 is 0 Å². The zero-order chi connectivity index (χ0) is 10.2. The fraction of sp³-hybridized carbons (Fsp3) is 0.556. The minimum Gasteiger partial charge on any atom is -0.356 e. The summed E-state index contributed by atoms with van der Waals surface area (Å²) in [7, 11) is 0. The van der Waals surface area contributed by atoms with Crippen LogP contribution in [0.25, 0.3) is 0 Å². The van der Waals surface area contributed by atoms with E-state index in [2.05, 4.69) is 10.3 Å². The first kappa shape index (κ1) is 10.7. The van der Waals surface area contributed by atoms with Crippen LogP contribution in [0.2, 0.25) is 0 Å². The van der Waals surface area contributed by atoms with E-state index in [1.54, 1.807) is 12.5 Å². The van der Waals surface area contributed by atoms with Gasteiger partial charge in [-0.3, -0.25) is 4.79 Å². The molecule has 0 saturated carbocycles. The summed E-state index contributed by atoms with van der Waals surface area (Å²) in [5.74, 6) is 0.0260. The zero-order valence-corrected chi connectivity index (χ0v) is 8.15. The Morgan fingerprint density at radius 1 is 1.57 bits per heavy atom. The highest BCUT2D eigenvalue weighted by Gasteiger charge is 1.97. The van der Waals surface area contributed by atoms with Crippen LogP contribution in [0.3, 0.4) is 0 Å². The van der Waals surface area contributed by atoms with Crippen LogP contribution in [0, 0.1) is 0 Å². The SMILES string of the molecule is NCCC(=O)NCCCn1ccnc1.